The van der Waals surface area contributed by atoms with Crippen LogP contribution in [0.25, 0.3) is 22.0 Å². The summed E-state index contributed by atoms with van der Waals surface area (Å²) in [4.78, 5) is 12.4. The molecule has 0 amide bonds. The van der Waals surface area contributed by atoms with Crippen LogP contribution in [-0.2, 0) is 4.74 Å². The van der Waals surface area contributed by atoms with Gasteiger partial charge in [0.15, 0.2) is 0 Å². The number of allylic oxidation sites excluding steroid dienone is 1. The van der Waals surface area contributed by atoms with Crippen molar-refractivity contribution in [2.75, 3.05) is 0 Å². The van der Waals surface area contributed by atoms with Crippen molar-refractivity contribution < 1.29 is 9.53 Å². The Hall–Kier alpha value is -2.08. The highest BCUT2D eigenvalue weighted by atomic mass is 127. The number of halogens is 1. The number of benzene rings is 2. The van der Waals surface area contributed by atoms with Crippen LogP contribution in [-0.4, -0.2) is 10.7 Å². The molecule has 3 nitrogen and oxygen atoms in total. The first-order valence-corrected chi connectivity index (χ1v) is 7.89. The van der Waals surface area contributed by atoms with Gasteiger partial charge >= 0.3 is 6.09 Å². The average Bonchev–Trinajstić information content (AvgIpc) is 2.79. The van der Waals surface area contributed by atoms with Gasteiger partial charge in [-0.2, -0.15) is 0 Å². The van der Waals surface area contributed by atoms with Crippen molar-refractivity contribution in [3.8, 4) is 11.1 Å². The number of fused-ring (bicyclic) bond motifs is 1. The summed E-state index contributed by atoms with van der Waals surface area (Å²) in [6.45, 7) is 5.30. The minimum absolute atomic E-state index is 0.375. The van der Waals surface area contributed by atoms with E-state index >= 15 is 0 Å². The van der Waals surface area contributed by atoms with Gasteiger partial charge in [-0.3, -0.25) is 0 Å². The molecule has 0 saturated carbocycles. The van der Waals surface area contributed by atoms with Crippen LogP contribution in [0.5, 0.6) is 0 Å². The van der Waals surface area contributed by atoms with Crippen molar-refractivity contribution >= 4 is 39.6 Å². The first kappa shape index (κ1) is 14.8. The van der Waals surface area contributed by atoms with Gasteiger partial charge in [-0.25, -0.2) is 9.36 Å². The monoisotopic (exact) mass is 403 g/mol. The third-order valence-corrected chi connectivity index (χ3v) is 4.35. The molecule has 0 aliphatic rings. The molecule has 4 heteroatoms. The summed E-state index contributed by atoms with van der Waals surface area (Å²) in [7, 11) is 0. The van der Waals surface area contributed by atoms with E-state index in [4.69, 9.17) is 4.74 Å². The lowest BCUT2D eigenvalue weighted by molar-refractivity contribution is 0.179. The van der Waals surface area contributed by atoms with E-state index in [9.17, 15) is 4.79 Å². The van der Waals surface area contributed by atoms with E-state index in [-0.39, 0.29) is 0 Å². The molecule has 3 aromatic rings. The Labute approximate surface area is 142 Å². The molecule has 0 bridgehead atoms. The fourth-order valence-corrected chi connectivity index (χ4v) is 3.52. The summed E-state index contributed by atoms with van der Waals surface area (Å²) < 4.78 is 7.62. The van der Waals surface area contributed by atoms with Crippen LogP contribution in [0.1, 0.15) is 6.92 Å². The lowest BCUT2D eigenvalue weighted by Gasteiger charge is -2.07. The maximum Gasteiger partial charge on any atom is 0.424 e. The summed E-state index contributed by atoms with van der Waals surface area (Å²) in [6, 6.07) is 17.9. The molecule has 0 fully saturated rings. The molecule has 0 spiro atoms. The molecular weight excluding hydrogens is 389 g/mol. The lowest BCUT2D eigenvalue weighted by atomic mass is 10.1. The number of carbonyl (C=O) groups is 1. The van der Waals surface area contributed by atoms with Gasteiger partial charge in [-0.15, -0.1) is 0 Å². The maximum absolute atomic E-state index is 12.4. The minimum Gasteiger partial charge on any atom is -0.415 e. The van der Waals surface area contributed by atoms with E-state index in [1.54, 1.807) is 11.5 Å². The number of ether oxygens (including phenoxy) is 1. The van der Waals surface area contributed by atoms with Gasteiger partial charge in [0.25, 0.3) is 0 Å². The Morgan fingerprint density at radius 3 is 2.41 bits per heavy atom. The topological polar surface area (TPSA) is 31.2 Å². The molecule has 1 heterocycles. The Morgan fingerprint density at radius 2 is 1.73 bits per heavy atom. The third kappa shape index (κ3) is 2.54. The molecule has 0 saturated heterocycles. The van der Waals surface area contributed by atoms with E-state index < -0.39 is 6.09 Å². The van der Waals surface area contributed by atoms with Crippen LogP contribution >= 0.6 is 22.6 Å². The Morgan fingerprint density at radius 1 is 1.09 bits per heavy atom. The highest BCUT2D eigenvalue weighted by Crippen LogP contribution is 2.35. The van der Waals surface area contributed by atoms with Gasteiger partial charge in [0.05, 0.1) is 15.0 Å². The van der Waals surface area contributed by atoms with Gasteiger partial charge in [0.2, 0.25) is 0 Å². The normalized spacial score (nSPS) is 10.6. The highest BCUT2D eigenvalue weighted by Gasteiger charge is 2.21. The summed E-state index contributed by atoms with van der Waals surface area (Å²) in [5.74, 6) is 0.375. The Balaban J connectivity index is 2.29. The predicted octanol–water partition coefficient (Wildman–Crippen LogP) is 5.43. The highest BCUT2D eigenvalue weighted by molar-refractivity contribution is 14.1. The van der Waals surface area contributed by atoms with E-state index in [0.717, 1.165) is 25.7 Å². The lowest BCUT2D eigenvalue weighted by Crippen LogP contribution is -2.14. The van der Waals surface area contributed by atoms with E-state index in [1.165, 1.54) is 0 Å². The number of para-hydroxylation sites is 1. The SMILES string of the molecule is C=C(C)OC(=O)n1c(I)c(-c2ccccc2)c2ccccc21. The first-order valence-electron chi connectivity index (χ1n) is 6.81. The van der Waals surface area contributed by atoms with Crippen molar-refractivity contribution in [1.82, 2.24) is 4.57 Å². The zero-order valence-electron chi connectivity index (χ0n) is 12.0. The smallest absolute Gasteiger partial charge is 0.415 e. The van der Waals surface area contributed by atoms with Crippen LogP contribution in [0, 0.1) is 3.70 Å². The second kappa shape index (κ2) is 5.96. The molecule has 0 radical (unpaired) electrons. The quantitative estimate of drug-likeness (QED) is 0.422. The van der Waals surface area contributed by atoms with E-state index in [0.29, 0.717) is 5.76 Å². The van der Waals surface area contributed by atoms with Crippen LogP contribution in [0.4, 0.5) is 4.79 Å². The fourth-order valence-electron chi connectivity index (χ4n) is 2.46. The molecule has 0 N–H and O–H groups in total. The Bertz CT molecular complexity index is 865. The van der Waals surface area contributed by atoms with Gasteiger partial charge in [0.1, 0.15) is 0 Å². The summed E-state index contributed by atoms with van der Waals surface area (Å²) in [5, 5.41) is 1.02. The standard InChI is InChI=1S/C18H14INO2/c1-12(2)22-18(21)20-15-11-7-6-10-14(15)16(17(20)19)13-8-4-3-5-9-13/h3-11H,1H2,2H3. The molecule has 0 unspecified atom stereocenters. The molecular formula is C18H14INO2. The second-order valence-corrected chi connectivity index (χ2v) is 5.98. The molecule has 0 aliphatic carbocycles. The summed E-state index contributed by atoms with van der Waals surface area (Å²) >= 11 is 2.19. The number of aromatic nitrogens is 1. The molecule has 3 rings (SSSR count). The summed E-state index contributed by atoms with van der Waals surface area (Å²) in [5.41, 5.74) is 2.94. The Kier molecular flexibility index (Phi) is 4.02. The van der Waals surface area contributed by atoms with Crippen LogP contribution in [0.3, 0.4) is 0 Å². The van der Waals surface area contributed by atoms with Crippen molar-refractivity contribution in [2.24, 2.45) is 0 Å². The summed E-state index contributed by atoms with van der Waals surface area (Å²) in [6.07, 6.45) is -0.435. The number of hydrogen-bond acceptors (Lipinski definition) is 2. The number of nitrogens with zero attached hydrogens (tertiary/aromatic N) is 1. The number of rotatable bonds is 2. The second-order valence-electron chi connectivity index (χ2n) is 4.95. The minimum atomic E-state index is -0.435. The molecule has 2 aromatic carbocycles. The fraction of sp³-hybridized carbons (Fsp3) is 0.0556. The van der Waals surface area contributed by atoms with Crippen LogP contribution < -0.4 is 0 Å². The van der Waals surface area contributed by atoms with Gasteiger partial charge < -0.3 is 4.74 Å². The first-order chi connectivity index (χ1) is 10.6. The molecule has 110 valence electrons. The van der Waals surface area contributed by atoms with Crippen molar-refractivity contribution in [3.63, 3.8) is 0 Å². The number of carbonyl (C=O) groups excluding carboxylic acids is 1. The van der Waals surface area contributed by atoms with Gasteiger partial charge in [-0.1, -0.05) is 55.1 Å². The number of hydrogen-bond donors (Lipinski definition) is 0. The largest absolute Gasteiger partial charge is 0.424 e. The van der Waals surface area contributed by atoms with E-state index in [1.807, 2.05) is 54.6 Å². The van der Waals surface area contributed by atoms with Gasteiger partial charge in [-0.05, 0) is 41.1 Å². The average molecular weight is 403 g/mol. The zero-order chi connectivity index (χ0) is 15.7. The van der Waals surface area contributed by atoms with Crippen molar-refractivity contribution in [1.29, 1.82) is 0 Å². The van der Waals surface area contributed by atoms with Crippen LogP contribution in [0.15, 0.2) is 66.9 Å². The van der Waals surface area contributed by atoms with E-state index in [2.05, 4.69) is 29.2 Å². The molecule has 1 aromatic heterocycles. The third-order valence-electron chi connectivity index (χ3n) is 3.32. The van der Waals surface area contributed by atoms with Crippen LogP contribution in [0.2, 0.25) is 0 Å². The molecule has 22 heavy (non-hydrogen) atoms. The molecule has 0 atom stereocenters. The maximum atomic E-state index is 12.4. The van der Waals surface area contributed by atoms with Crippen molar-refractivity contribution in [3.05, 3.63) is 70.6 Å². The zero-order valence-corrected chi connectivity index (χ0v) is 14.2. The van der Waals surface area contributed by atoms with Gasteiger partial charge in [0, 0.05) is 10.9 Å². The predicted molar refractivity (Wildman–Crippen MR) is 96.8 cm³/mol. The van der Waals surface area contributed by atoms with Crippen molar-refractivity contribution in [2.45, 2.75) is 6.92 Å². The molecule has 0 aliphatic heterocycles.